The first-order valence-corrected chi connectivity index (χ1v) is 5.38. The van der Waals surface area contributed by atoms with Gasteiger partial charge in [-0.25, -0.2) is 0 Å². The van der Waals surface area contributed by atoms with Gasteiger partial charge in [0.25, 0.3) is 0 Å². The van der Waals surface area contributed by atoms with Gasteiger partial charge in [-0.2, -0.15) is 0 Å². The molecule has 3 nitrogen and oxygen atoms in total. The average Bonchev–Trinajstić information content (AvgIpc) is 2.66. The Labute approximate surface area is 87.5 Å². The van der Waals surface area contributed by atoms with Crippen LogP contribution in [0.5, 0.6) is 0 Å². The van der Waals surface area contributed by atoms with Crippen molar-refractivity contribution in [2.24, 2.45) is 0 Å². The first-order valence-electron chi connectivity index (χ1n) is 5.38. The van der Waals surface area contributed by atoms with Crippen LogP contribution in [0.25, 0.3) is 0 Å². The molecule has 0 aromatic rings. The maximum Gasteiger partial charge on any atom is 0.216 e. The second-order valence-corrected chi connectivity index (χ2v) is 3.14. The molecular weight excluding hydrogens is 178 g/mol. The fourth-order valence-electron chi connectivity index (χ4n) is 1.05. The Balaban J connectivity index is 0.000000500. The van der Waals surface area contributed by atoms with Crippen LogP contribution in [0.1, 0.15) is 33.1 Å². The minimum Gasteiger partial charge on any atom is -0.340 e. The van der Waals surface area contributed by atoms with Gasteiger partial charge in [-0.1, -0.05) is 25.8 Å². The Bertz CT molecular complexity index is 122. The third-order valence-corrected chi connectivity index (χ3v) is 1.70. The largest absolute Gasteiger partial charge is 0.340 e. The third-order valence-electron chi connectivity index (χ3n) is 1.70. The molecule has 1 heterocycles. The van der Waals surface area contributed by atoms with E-state index in [0.29, 0.717) is 0 Å². The van der Waals surface area contributed by atoms with E-state index in [4.69, 9.17) is 9.47 Å². The zero-order valence-electron chi connectivity index (χ0n) is 9.42. The number of allylic oxidation sites excluding steroid dienone is 1. The van der Waals surface area contributed by atoms with Crippen LogP contribution < -0.4 is 5.32 Å². The van der Waals surface area contributed by atoms with E-state index in [2.05, 4.69) is 18.8 Å². The van der Waals surface area contributed by atoms with Crippen LogP contribution in [-0.4, -0.2) is 26.2 Å². The van der Waals surface area contributed by atoms with Gasteiger partial charge in [0.1, 0.15) is 0 Å². The molecule has 1 atom stereocenters. The molecule has 84 valence electrons. The van der Waals surface area contributed by atoms with E-state index < -0.39 is 0 Å². The maximum absolute atomic E-state index is 5.37. The van der Waals surface area contributed by atoms with Crippen molar-refractivity contribution in [3.63, 3.8) is 0 Å². The van der Waals surface area contributed by atoms with Crippen LogP contribution in [0.3, 0.4) is 0 Å². The summed E-state index contributed by atoms with van der Waals surface area (Å²) in [5, 5.41) is 3.09. The Morgan fingerprint density at radius 2 is 2.29 bits per heavy atom. The van der Waals surface area contributed by atoms with E-state index in [1.165, 1.54) is 12.8 Å². The minimum absolute atomic E-state index is 0.133. The molecule has 1 aliphatic rings. The molecule has 0 bridgehead atoms. The molecule has 0 spiro atoms. The molecule has 1 N–H and O–H groups in total. The highest BCUT2D eigenvalue weighted by Gasteiger charge is 2.13. The summed E-state index contributed by atoms with van der Waals surface area (Å²) in [7, 11) is 0. The van der Waals surface area contributed by atoms with Crippen LogP contribution in [0.4, 0.5) is 0 Å². The predicted octanol–water partition coefficient (Wildman–Crippen LogP) is 2.29. The zero-order valence-corrected chi connectivity index (χ0v) is 9.42. The van der Waals surface area contributed by atoms with Gasteiger partial charge in [-0.15, -0.1) is 6.58 Å². The smallest absolute Gasteiger partial charge is 0.216 e. The molecule has 1 saturated heterocycles. The monoisotopic (exact) mass is 201 g/mol. The molecule has 0 radical (unpaired) electrons. The van der Waals surface area contributed by atoms with Crippen LogP contribution >= 0.6 is 0 Å². The van der Waals surface area contributed by atoms with Crippen molar-refractivity contribution < 1.29 is 9.47 Å². The summed E-state index contributed by atoms with van der Waals surface area (Å²) in [6.45, 7) is 9.94. The third kappa shape index (κ3) is 8.23. The molecule has 14 heavy (non-hydrogen) atoms. The molecule has 3 heteroatoms. The fraction of sp³-hybridized carbons (Fsp3) is 0.818. The molecule has 0 aromatic carbocycles. The first-order chi connectivity index (χ1) is 6.85. The second kappa shape index (κ2) is 10.7. The molecule has 1 fully saturated rings. The molecule has 1 unspecified atom stereocenters. The SMILES string of the molecule is C=CC.CCCCCOC1NCCO1. The molecular formula is C11H23NO2. The zero-order chi connectivity index (χ0) is 10.6. The predicted molar refractivity (Wildman–Crippen MR) is 59.1 cm³/mol. The highest BCUT2D eigenvalue weighted by Crippen LogP contribution is 2.00. The van der Waals surface area contributed by atoms with Crippen molar-refractivity contribution in [3.8, 4) is 0 Å². The molecule has 0 saturated carbocycles. The van der Waals surface area contributed by atoms with Crippen molar-refractivity contribution in [1.29, 1.82) is 0 Å². The van der Waals surface area contributed by atoms with E-state index in [1.807, 2.05) is 6.92 Å². The number of nitrogens with one attached hydrogen (secondary N) is 1. The van der Waals surface area contributed by atoms with Gasteiger partial charge >= 0.3 is 0 Å². The summed E-state index contributed by atoms with van der Waals surface area (Å²) in [5.41, 5.74) is 0. The summed E-state index contributed by atoms with van der Waals surface area (Å²) in [6.07, 6.45) is 5.24. The van der Waals surface area contributed by atoms with E-state index in [-0.39, 0.29) is 6.41 Å². The number of hydrogen-bond acceptors (Lipinski definition) is 3. The summed E-state index contributed by atoms with van der Waals surface area (Å²) in [5.74, 6) is 0. The lowest BCUT2D eigenvalue weighted by Crippen LogP contribution is -2.26. The topological polar surface area (TPSA) is 30.5 Å². The van der Waals surface area contributed by atoms with Crippen LogP contribution in [0, 0.1) is 0 Å². The van der Waals surface area contributed by atoms with E-state index in [0.717, 1.165) is 26.2 Å². The highest BCUT2D eigenvalue weighted by atomic mass is 16.7. The van der Waals surface area contributed by atoms with E-state index >= 15 is 0 Å². The van der Waals surface area contributed by atoms with Crippen molar-refractivity contribution in [1.82, 2.24) is 5.32 Å². The first kappa shape index (κ1) is 13.6. The Kier molecular flexibility index (Phi) is 10.4. The van der Waals surface area contributed by atoms with E-state index in [1.54, 1.807) is 6.08 Å². The molecule has 0 aliphatic carbocycles. The lowest BCUT2D eigenvalue weighted by atomic mass is 10.3. The van der Waals surface area contributed by atoms with Crippen LogP contribution in [0.15, 0.2) is 12.7 Å². The van der Waals surface area contributed by atoms with Gasteiger partial charge in [-0.3, -0.25) is 5.32 Å². The molecule has 1 rings (SSSR count). The number of rotatable bonds is 5. The number of hydrogen-bond donors (Lipinski definition) is 1. The van der Waals surface area contributed by atoms with E-state index in [9.17, 15) is 0 Å². The van der Waals surface area contributed by atoms with Crippen molar-refractivity contribution in [3.05, 3.63) is 12.7 Å². The summed E-state index contributed by atoms with van der Waals surface area (Å²) < 4.78 is 10.6. The summed E-state index contributed by atoms with van der Waals surface area (Å²) in [6, 6.07) is 0. The van der Waals surface area contributed by atoms with Gasteiger partial charge in [0.15, 0.2) is 0 Å². The summed E-state index contributed by atoms with van der Waals surface area (Å²) in [4.78, 5) is 0. The van der Waals surface area contributed by atoms with Crippen LogP contribution in [0.2, 0.25) is 0 Å². The second-order valence-electron chi connectivity index (χ2n) is 3.14. The molecule has 1 aliphatic heterocycles. The summed E-state index contributed by atoms with van der Waals surface area (Å²) >= 11 is 0. The fourth-order valence-corrected chi connectivity index (χ4v) is 1.05. The Morgan fingerprint density at radius 1 is 1.57 bits per heavy atom. The normalized spacial score (nSPS) is 20.0. The molecule has 0 aromatic heterocycles. The number of ether oxygens (including phenoxy) is 2. The van der Waals surface area contributed by atoms with Crippen molar-refractivity contribution in [2.75, 3.05) is 19.8 Å². The van der Waals surface area contributed by atoms with Crippen molar-refractivity contribution >= 4 is 0 Å². The maximum atomic E-state index is 5.37. The van der Waals surface area contributed by atoms with Crippen molar-refractivity contribution in [2.45, 2.75) is 39.5 Å². The van der Waals surface area contributed by atoms with Crippen LogP contribution in [-0.2, 0) is 9.47 Å². The Hall–Kier alpha value is -0.380. The Morgan fingerprint density at radius 3 is 2.79 bits per heavy atom. The molecule has 0 amide bonds. The van der Waals surface area contributed by atoms with Gasteiger partial charge in [0, 0.05) is 6.54 Å². The lowest BCUT2D eigenvalue weighted by molar-refractivity contribution is -0.123. The standard InChI is InChI=1S/C8H17NO2.C3H6/c1-2-3-4-6-10-8-9-5-7-11-8;1-3-2/h8-9H,2-7H2,1H3;3H,1H2,2H3. The highest BCUT2D eigenvalue weighted by molar-refractivity contribution is 4.52. The average molecular weight is 201 g/mol. The number of unbranched alkanes of at least 4 members (excludes halogenated alkanes) is 2. The quantitative estimate of drug-likeness (QED) is 0.547. The van der Waals surface area contributed by atoms with Gasteiger partial charge in [0.2, 0.25) is 6.41 Å². The minimum atomic E-state index is -0.133. The van der Waals surface area contributed by atoms with Gasteiger partial charge in [-0.05, 0) is 13.3 Å². The van der Waals surface area contributed by atoms with Gasteiger partial charge < -0.3 is 9.47 Å². The van der Waals surface area contributed by atoms with Gasteiger partial charge in [0.05, 0.1) is 13.2 Å². The lowest BCUT2D eigenvalue weighted by Gasteiger charge is -2.10.